The predicted molar refractivity (Wildman–Crippen MR) is 45.3 cm³/mol. The van der Waals surface area contributed by atoms with Crippen LogP contribution in [0.15, 0.2) is 12.7 Å². The van der Waals surface area contributed by atoms with Gasteiger partial charge in [-0.05, 0) is 19.9 Å². The Labute approximate surface area is 68.0 Å². The molecule has 3 nitrogen and oxygen atoms in total. The highest BCUT2D eigenvalue weighted by Gasteiger charge is 2.39. The number of likely N-dealkylation sites (N-methyl/N-ethyl adjacent to an activating group) is 1. The van der Waals surface area contributed by atoms with Crippen LogP contribution in [0.2, 0.25) is 0 Å². The van der Waals surface area contributed by atoms with Gasteiger partial charge in [0.05, 0.1) is 14.0 Å². The van der Waals surface area contributed by atoms with E-state index in [1.807, 2.05) is 13.8 Å². The summed E-state index contributed by atoms with van der Waals surface area (Å²) in [6.07, 6.45) is 1.69. The third-order valence-electron chi connectivity index (χ3n) is 2.35. The molecule has 0 aliphatic carbocycles. The molecule has 1 atom stereocenters. The first-order valence-corrected chi connectivity index (χ1v) is 3.55. The standard InChI is InChI=1S/C8H17N2O/c1-6-8(3,4)10(5,9)7(2)11/h6H,1,9H2,2-5H3/q+1. The Hall–Kier alpha value is -0.670. The Morgan fingerprint density at radius 3 is 2.09 bits per heavy atom. The van der Waals surface area contributed by atoms with Crippen molar-refractivity contribution in [1.82, 2.24) is 0 Å². The molecular weight excluding hydrogens is 140 g/mol. The van der Waals surface area contributed by atoms with Crippen LogP contribution in [0.5, 0.6) is 0 Å². The molecule has 3 heteroatoms. The van der Waals surface area contributed by atoms with E-state index in [9.17, 15) is 4.79 Å². The van der Waals surface area contributed by atoms with Gasteiger partial charge in [-0.1, -0.05) is 6.58 Å². The fourth-order valence-electron chi connectivity index (χ4n) is 0.595. The van der Waals surface area contributed by atoms with Crippen molar-refractivity contribution in [3.05, 3.63) is 12.7 Å². The van der Waals surface area contributed by atoms with Gasteiger partial charge >= 0.3 is 5.91 Å². The molecule has 0 fully saturated rings. The molecule has 0 rings (SSSR count). The van der Waals surface area contributed by atoms with Crippen molar-refractivity contribution in [2.45, 2.75) is 26.3 Å². The van der Waals surface area contributed by atoms with Gasteiger partial charge in [0, 0.05) is 0 Å². The summed E-state index contributed by atoms with van der Waals surface area (Å²) in [5.41, 5.74) is -0.411. The van der Waals surface area contributed by atoms with Gasteiger partial charge in [-0.25, -0.2) is 4.79 Å². The van der Waals surface area contributed by atoms with Crippen LogP contribution in [-0.4, -0.2) is 23.1 Å². The maximum Gasteiger partial charge on any atom is 0.329 e. The molecule has 0 bridgehead atoms. The molecule has 64 valence electrons. The van der Waals surface area contributed by atoms with E-state index in [4.69, 9.17) is 5.84 Å². The van der Waals surface area contributed by atoms with E-state index in [0.717, 1.165) is 0 Å². The Bertz CT molecular complexity index is 183. The summed E-state index contributed by atoms with van der Waals surface area (Å²) in [5.74, 6) is 5.69. The zero-order chi connectivity index (χ0) is 9.28. The van der Waals surface area contributed by atoms with E-state index < -0.39 is 5.54 Å². The smallest absolute Gasteiger partial charge is 0.229 e. The van der Waals surface area contributed by atoms with Crippen molar-refractivity contribution >= 4 is 5.91 Å². The molecule has 0 spiro atoms. The Balaban J connectivity index is 4.81. The molecule has 0 heterocycles. The van der Waals surface area contributed by atoms with Crippen LogP contribution in [0, 0.1) is 0 Å². The number of nitrogens with zero attached hydrogens (tertiary/aromatic N) is 1. The minimum Gasteiger partial charge on any atom is -0.229 e. The molecule has 0 aliphatic heterocycles. The summed E-state index contributed by atoms with van der Waals surface area (Å²) < 4.78 is -0.156. The van der Waals surface area contributed by atoms with Crippen molar-refractivity contribution < 1.29 is 9.39 Å². The lowest BCUT2D eigenvalue weighted by Crippen LogP contribution is -2.65. The van der Waals surface area contributed by atoms with Gasteiger partial charge < -0.3 is 0 Å². The molecule has 1 amide bonds. The lowest BCUT2D eigenvalue weighted by Gasteiger charge is -2.37. The van der Waals surface area contributed by atoms with E-state index in [1.165, 1.54) is 6.92 Å². The number of rotatable bonds is 2. The number of hydrogen-bond acceptors (Lipinski definition) is 2. The van der Waals surface area contributed by atoms with Crippen molar-refractivity contribution in [2.75, 3.05) is 7.05 Å². The number of amides is 1. The monoisotopic (exact) mass is 157 g/mol. The average molecular weight is 157 g/mol. The van der Waals surface area contributed by atoms with Gasteiger partial charge in [0.2, 0.25) is 0 Å². The molecule has 2 N–H and O–H groups in total. The summed E-state index contributed by atoms with van der Waals surface area (Å²) in [7, 11) is 1.67. The first kappa shape index (κ1) is 10.3. The quantitative estimate of drug-likeness (QED) is 0.212. The molecule has 1 unspecified atom stereocenters. The Morgan fingerprint density at radius 1 is 1.64 bits per heavy atom. The van der Waals surface area contributed by atoms with E-state index >= 15 is 0 Å². The largest absolute Gasteiger partial charge is 0.329 e. The number of hydrogen-bond donors (Lipinski definition) is 1. The first-order valence-electron chi connectivity index (χ1n) is 3.55. The number of carbonyl (C=O) groups is 1. The Morgan fingerprint density at radius 2 is 2.00 bits per heavy atom. The average Bonchev–Trinajstić information content (AvgIpc) is 1.87. The molecule has 0 radical (unpaired) electrons. The highest BCUT2D eigenvalue weighted by atomic mass is 16.2. The number of quaternary nitrogens is 1. The maximum absolute atomic E-state index is 11.1. The van der Waals surface area contributed by atoms with Crippen LogP contribution >= 0.6 is 0 Å². The summed E-state index contributed by atoms with van der Waals surface area (Å²) in [5, 5.41) is 0. The number of nitrogens with two attached hydrogens (primary N) is 1. The summed E-state index contributed by atoms with van der Waals surface area (Å²) in [6, 6.07) is 0. The van der Waals surface area contributed by atoms with E-state index in [2.05, 4.69) is 6.58 Å². The summed E-state index contributed by atoms with van der Waals surface area (Å²) in [4.78, 5) is 11.1. The van der Waals surface area contributed by atoms with Crippen LogP contribution in [0.4, 0.5) is 0 Å². The molecular formula is C8H17N2O+. The van der Waals surface area contributed by atoms with E-state index in [1.54, 1.807) is 13.1 Å². The van der Waals surface area contributed by atoms with Crippen molar-refractivity contribution in [2.24, 2.45) is 5.84 Å². The third kappa shape index (κ3) is 1.67. The van der Waals surface area contributed by atoms with Gasteiger partial charge in [0.25, 0.3) is 0 Å². The fourth-order valence-corrected chi connectivity index (χ4v) is 0.595. The van der Waals surface area contributed by atoms with Gasteiger partial charge in [-0.3, -0.25) is 0 Å². The van der Waals surface area contributed by atoms with Crippen molar-refractivity contribution in [3.8, 4) is 0 Å². The van der Waals surface area contributed by atoms with E-state index in [0.29, 0.717) is 0 Å². The SMILES string of the molecule is C=CC(C)(C)[N+](C)(N)C(C)=O. The van der Waals surface area contributed by atoms with Gasteiger partial charge in [0.15, 0.2) is 0 Å². The highest BCUT2D eigenvalue weighted by Crippen LogP contribution is 2.18. The van der Waals surface area contributed by atoms with Crippen LogP contribution in [-0.2, 0) is 4.79 Å². The second kappa shape index (κ2) is 2.75. The Kier molecular flexibility index (Phi) is 2.59. The fraction of sp³-hybridized carbons (Fsp3) is 0.625. The second-order valence-electron chi connectivity index (χ2n) is 3.45. The zero-order valence-electron chi connectivity index (χ0n) is 7.72. The van der Waals surface area contributed by atoms with Crippen molar-refractivity contribution in [1.29, 1.82) is 0 Å². The first-order chi connectivity index (χ1) is 4.75. The molecule has 0 saturated heterocycles. The van der Waals surface area contributed by atoms with Crippen molar-refractivity contribution in [3.63, 3.8) is 0 Å². The molecule has 11 heavy (non-hydrogen) atoms. The minimum absolute atomic E-state index is 0.0742. The molecule has 0 aliphatic rings. The summed E-state index contributed by atoms with van der Waals surface area (Å²) >= 11 is 0. The third-order valence-corrected chi connectivity index (χ3v) is 2.35. The number of carbonyl (C=O) groups excluding carboxylic acids is 1. The van der Waals surface area contributed by atoms with Crippen LogP contribution in [0.3, 0.4) is 0 Å². The second-order valence-corrected chi connectivity index (χ2v) is 3.45. The maximum atomic E-state index is 11.1. The molecule has 0 aromatic carbocycles. The van der Waals surface area contributed by atoms with Gasteiger partial charge in [-0.2, -0.15) is 10.4 Å². The van der Waals surface area contributed by atoms with Gasteiger partial charge in [-0.15, -0.1) is 0 Å². The molecule has 0 aromatic rings. The van der Waals surface area contributed by atoms with Crippen LogP contribution in [0.1, 0.15) is 20.8 Å². The topological polar surface area (TPSA) is 43.1 Å². The summed E-state index contributed by atoms with van der Waals surface area (Å²) in [6.45, 7) is 8.86. The normalized spacial score (nSPS) is 17.2. The lowest BCUT2D eigenvalue weighted by molar-refractivity contribution is -0.887. The van der Waals surface area contributed by atoms with Gasteiger partial charge in [0.1, 0.15) is 5.54 Å². The zero-order valence-corrected chi connectivity index (χ0v) is 7.72. The minimum atomic E-state index is -0.411. The van der Waals surface area contributed by atoms with E-state index in [-0.39, 0.29) is 10.5 Å². The lowest BCUT2D eigenvalue weighted by atomic mass is 10.0. The van der Waals surface area contributed by atoms with Crippen LogP contribution in [0.25, 0.3) is 0 Å². The molecule has 0 saturated carbocycles. The van der Waals surface area contributed by atoms with Crippen LogP contribution < -0.4 is 5.84 Å². The predicted octanol–water partition coefficient (Wildman–Crippen LogP) is 0.818. The highest BCUT2D eigenvalue weighted by molar-refractivity contribution is 5.65. The molecule has 0 aromatic heterocycles.